The number of hydrogen-bond acceptors (Lipinski definition) is 4. The fourth-order valence-corrected chi connectivity index (χ4v) is 2.36. The Kier molecular flexibility index (Phi) is 7.10. The van der Waals surface area contributed by atoms with Crippen molar-refractivity contribution in [3.05, 3.63) is 65.5 Å². The Morgan fingerprint density at radius 1 is 1.16 bits per heavy atom. The third-order valence-corrected chi connectivity index (χ3v) is 3.72. The lowest BCUT2D eigenvalue weighted by atomic mass is 10.1. The molecule has 25 heavy (non-hydrogen) atoms. The summed E-state index contributed by atoms with van der Waals surface area (Å²) in [5.74, 6) is -0.421. The fourth-order valence-electron chi connectivity index (χ4n) is 2.36. The van der Waals surface area contributed by atoms with E-state index in [2.05, 4.69) is 10.3 Å². The summed E-state index contributed by atoms with van der Waals surface area (Å²) in [5, 5.41) is 2.72. The third kappa shape index (κ3) is 5.39. The summed E-state index contributed by atoms with van der Waals surface area (Å²) in [5.41, 5.74) is 1.81. The minimum Gasteiger partial charge on any atom is -0.383 e. The number of hydrogen-bond donors (Lipinski definition) is 1. The Labute approximate surface area is 147 Å². The zero-order valence-electron chi connectivity index (χ0n) is 14.6. The quantitative estimate of drug-likeness (QED) is 0.747. The molecular formula is C19H23N3O3. The van der Waals surface area contributed by atoms with Gasteiger partial charge < -0.3 is 15.0 Å². The van der Waals surface area contributed by atoms with Gasteiger partial charge in [0.2, 0.25) is 0 Å². The lowest BCUT2D eigenvalue weighted by Crippen LogP contribution is -2.31. The summed E-state index contributed by atoms with van der Waals surface area (Å²) in [6.07, 6.45) is 2.94. The molecule has 1 aromatic heterocycles. The summed E-state index contributed by atoms with van der Waals surface area (Å²) in [4.78, 5) is 30.6. The molecule has 0 radical (unpaired) electrons. The lowest BCUT2D eigenvalue weighted by molar-refractivity contribution is 0.0752. The molecule has 2 rings (SSSR count). The van der Waals surface area contributed by atoms with Crippen LogP contribution in [0.1, 0.15) is 33.2 Å². The molecule has 0 fully saturated rings. The molecule has 0 spiro atoms. The number of nitrogens with one attached hydrogen (secondary N) is 1. The standard InChI is InChI=1S/C19H23N3O3/c1-3-22(14-15-7-5-4-6-8-15)19(24)17-11-16(12-20-13-17)18(23)21-9-10-25-2/h4-8,11-13H,3,9-10,14H2,1-2H3,(H,21,23). The maximum Gasteiger partial charge on any atom is 0.255 e. The molecule has 0 aliphatic carbocycles. The molecule has 132 valence electrons. The second kappa shape index (κ2) is 9.54. The summed E-state index contributed by atoms with van der Waals surface area (Å²) in [6.45, 7) is 3.84. The fraction of sp³-hybridized carbons (Fsp3) is 0.316. The number of benzene rings is 1. The highest BCUT2D eigenvalue weighted by Gasteiger charge is 2.17. The van der Waals surface area contributed by atoms with Crippen molar-refractivity contribution in [3.8, 4) is 0 Å². The average Bonchev–Trinajstić information content (AvgIpc) is 2.66. The summed E-state index contributed by atoms with van der Waals surface area (Å²) >= 11 is 0. The molecule has 2 amide bonds. The number of nitrogens with zero attached hydrogens (tertiary/aromatic N) is 2. The van der Waals surface area contributed by atoms with E-state index in [1.54, 1.807) is 18.1 Å². The highest BCUT2D eigenvalue weighted by atomic mass is 16.5. The van der Waals surface area contributed by atoms with Crippen molar-refractivity contribution in [2.24, 2.45) is 0 Å². The van der Waals surface area contributed by atoms with Gasteiger partial charge in [-0.3, -0.25) is 14.6 Å². The normalized spacial score (nSPS) is 10.3. The first kappa shape index (κ1) is 18.6. The van der Waals surface area contributed by atoms with E-state index in [0.29, 0.717) is 37.4 Å². The van der Waals surface area contributed by atoms with Gasteiger partial charge in [-0.1, -0.05) is 30.3 Å². The number of amides is 2. The molecule has 2 aromatic rings. The highest BCUT2D eigenvalue weighted by molar-refractivity contribution is 5.99. The van der Waals surface area contributed by atoms with Crippen molar-refractivity contribution in [1.82, 2.24) is 15.2 Å². The van der Waals surface area contributed by atoms with Gasteiger partial charge in [0.25, 0.3) is 11.8 Å². The van der Waals surface area contributed by atoms with Crippen LogP contribution in [0.3, 0.4) is 0 Å². The number of rotatable bonds is 8. The third-order valence-electron chi connectivity index (χ3n) is 3.72. The number of pyridine rings is 1. The smallest absolute Gasteiger partial charge is 0.255 e. The van der Waals surface area contributed by atoms with E-state index in [9.17, 15) is 9.59 Å². The van der Waals surface area contributed by atoms with Crippen molar-refractivity contribution in [2.75, 3.05) is 26.8 Å². The SMILES string of the molecule is CCN(Cc1ccccc1)C(=O)c1cncc(C(=O)NCCOC)c1. The zero-order valence-corrected chi connectivity index (χ0v) is 14.6. The van der Waals surface area contributed by atoms with E-state index in [4.69, 9.17) is 4.74 Å². The number of carbonyl (C=O) groups excluding carboxylic acids is 2. The molecule has 0 saturated heterocycles. The van der Waals surface area contributed by atoms with Crippen LogP contribution < -0.4 is 5.32 Å². The summed E-state index contributed by atoms with van der Waals surface area (Å²) in [7, 11) is 1.57. The van der Waals surface area contributed by atoms with Gasteiger partial charge in [-0.2, -0.15) is 0 Å². The van der Waals surface area contributed by atoms with Crippen LogP contribution in [0.15, 0.2) is 48.8 Å². The van der Waals surface area contributed by atoms with E-state index in [-0.39, 0.29) is 11.8 Å². The van der Waals surface area contributed by atoms with Crippen LogP contribution in [0.4, 0.5) is 0 Å². The number of ether oxygens (including phenoxy) is 1. The first-order chi connectivity index (χ1) is 12.2. The Bertz CT molecular complexity index is 704. The van der Waals surface area contributed by atoms with Crippen LogP contribution in [0, 0.1) is 0 Å². The van der Waals surface area contributed by atoms with Crippen molar-refractivity contribution < 1.29 is 14.3 Å². The predicted molar refractivity (Wildman–Crippen MR) is 95.3 cm³/mol. The molecule has 0 bridgehead atoms. The van der Waals surface area contributed by atoms with Crippen LogP contribution in [-0.2, 0) is 11.3 Å². The van der Waals surface area contributed by atoms with Crippen molar-refractivity contribution in [3.63, 3.8) is 0 Å². The first-order valence-electron chi connectivity index (χ1n) is 8.21. The van der Waals surface area contributed by atoms with Crippen molar-refractivity contribution in [2.45, 2.75) is 13.5 Å². The average molecular weight is 341 g/mol. The minimum absolute atomic E-state index is 0.148. The largest absolute Gasteiger partial charge is 0.383 e. The highest BCUT2D eigenvalue weighted by Crippen LogP contribution is 2.11. The predicted octanol–water partition coefficient (Wildman–Crippen LogP) is 2.12. The molecule has 1 N–H and O–H groups in total. The number of carbonyl (C=O) groups is 2. The molecule has 0 aliphatic rings. The van der Waals surface area contributed by atoms with Gasteiger partial charge in [0.15, 0.2) is 0 Å². The Balaban J connectivity index is 2.09. The molecule has 0 atom stereocenters. The molecule has 0 saturated carbocycles. The first-order valence-corrected chi connectivity index (χ1v) is 8.21. The van der Waals surface area contributed by atoms with Crippen LogP contribution in [0.2, 0.25) is 0 Å². The Morgan fingerprint density at radius 3 is 2.56 bits per heavy atom. The van der Waals surface area contributed by atoms with Crippen molar-refractivity contribution >= 4 is 11.8 Å². The van der Waals surface area contributed by atoms with E-state index in [0.717, 1.165) is 5.56 Å². The molecular weight excluding hydrogens is 318 g/mol. The van der Waals surface area contributed by atoms with Gasteiger partial charge in [0.05, 0.1) is 17.7 Å². The van der Waals surface area contributed by atoms with Crippen LogP contribution in [0.5, 0.6) is 0 Å². The summed E-state index contributed by atoms with van der Waals surface area (Å²) in [6, 6.07) is 11.4. The maximum absolute atomic E-state index is 12.7. The van der Waals surface area contributed by atoms with E-state index < -0.39 is 0 Å². The van der Waals surface area contributed by atoms with Gasteiger partial charge in [-0.25, -0.2) is 0 Å². The van der Waals surface area contributed by atoms with Crippen LogP contribution in [-0.4, -0.2) is 48.5 Å². The zero-order chi connectivity index (χ0) is 18.1. The van der Waals surface area contributed by atoms with Crippen LogP contribution >= 0.6 is 0 Å². The van der Waals surface area contributed by atoms with Crippen molar-refractivity contribution in [1.29, 1.82) is 0 Å². The molecule has 0 aliphatic heterocycles. The van der Waals surface area contributed by atoms with Gasteiger partial charge in [-0.15, -0.1) is 0 Å². The molecule has 0 unspecified atom stereocenters. The van der Waals surface area contributed by atoms with Crippen LogP contribution in [0.25, 0.3) is 0 Å². The molecule has 6 heteroatoms. The summed E-state index contributed by atoms with van der Waals surface area (Å²) < 4.78 is 4.90. The van der Waals surface area contributed by atoms with E-state index in [1.165, 1.54) is 12.4 Å². The second-order valence-electron chi connectivity index (χ2n) is 5.52. The number of aromatic nitrogens is 1. The van der Waals surface area contributed by atoms with Gasteiger partial charge in [-0.05, 0) is 18.6 Å². The van der Waals surface area contributed by atoms with E-state index in [1.807, 2.05) is 37.3 Å². The minimum atomic E-state index is -0.273. The van der Waals surface area contributed by atoms with Gasteiger partial charge in [0.1, 0.15) is 0 Å². The maximum atomic E-state index is 12.7. The lowest BCUT2D eigenvalue weighted by Gasteiger charge is -2.21. The van der Waals surface area contributed by atoms with Gasteiger partial charge in [0, 0.05) is 39.1 Å². The Morgan fingerprint density at radius 2 is 1.88 bits per heavy atom. The topological polar surface area (TPSA) is 71.5 Å². The second-order valence-corrected chi connectivity index (χ2v) is 5.52. The molecule has 6 nitrogen and oxygen atoms in total. The number of methoxy groups -OCH3 is 1. The molecule has 1 aromatic carbocycles. The molecule has 1 heterocycles. The Hall–Kier alpha value is -2.73. The monoisotopic (exact) mass is 341 g/mol. The van der Waals surface area contributed by atoms with Gasteiger partial charge >= 0.3 is 0 Å². The van der Waals surface area contributed by atoms with E-state index >= 15 is 0 Å².